The van der Waals surface area contributed by atoms with Crippen LogP contribution in [-0.2, 0) is 4.79 Å². The van der Waals surface area contributed by atoms with Crippen LogP contribution in [0.5, 0.6) is 0 Å². The Hall–Kier alpha value is -1.95. The van der Waals surface area contributed by atoms with E-state index < -0.39 is 5.97 Å². The van der Waals surface area contributed by atoms with E-state index in [1.165, 1.54) is 12.1 Å². The third kappa shape index (κ3) is 4.14. The van der Waals surface area contributed by atoms with Gasteiger partial charge in [-0.15, -0.1) is 0 Å². The maximum atomic E-state index is 11.4. The third-order valence-corrected chi connectivity index (χ3v) is 2.33. The summed E-state index contributed by atoms with van der Waals surface area (Å²) in [6.07, 6.45) is 0. The van der Waals surface area contributed by atoms with Gasteiger partial charge in [0.15, 0.2) is 5.11 Å². The Morgan fingerprint density at radius 3 is 2.56 bits per heavy atom. The van der Waals surface area contributed by atoms with Crippen LogP contribution < -0.4 is 10.6 Å². The lowest BCUT2D eigenvalue weighted by Crippen LogP contribution is -2.36. The summed E-state index contributed by atoms with van der Waals surface area (Å²) in [7, 11) is 0. The fourth-order valence-electron chi connectivity index (χ4n) is 1.15. The third-order valence-electron chi connectivity index (χ3n) is 2.13. The second-order valence-corrected chi connectivity index (χ2v) is 4.39. The van der Waals surface area contributed by atoms with Gasteiger partial charge in [0.25, 0.3) is 0 Å². The molecule has 1 rings (SSSR count). The van der Waals surface area contributed by atoms with Crippen LogP contribution in [0.2, 0.25) is 0 Å². The summed E-state index contributed by atoms with van der Waals surface area (Å²) in [6.45, 7) is 3.51. The average Bonchev–Trinajstić information content (AvgIpc) is 2.28. The Balaban J connectivity index is 2.67. The molecule has 6 heteroatoms. The van der Waals surface area contributed by atoms with Crippen LogP contribution in [0.25, 0.3) is 0 Å². The Bertz CT molecular complexity index is 486. The zero-order valence-electron chi connectivity index (χ0n) is 10.1. The summed E-state index contributed by atoms with van der Waals surface area (Å²) in [5.74, 6) is -1.38. The van der Waals surface area contributed by atoms with Crippen LogP contribution in [0.4, 0.5) is 5.69 Å². The second kappa shape index (κ2) is 6.11. The van der Waals surface area contributed by atoms with Crippen molar-refractivity contribution in [2.75, 3.05) is 5.32 Å². The number of carbonyl (C=O) groups excluding carboxylic acids is 1. The summed E-state index contributed by atoms with van der Waals surface area (Å²) < 4.78 is 0. The Labute approximate surface area is 110 Å². The van der Waals surface area contributed by atoms with Crippen molar-refractivity contribution in [2.45, 2.75) is 13.8 Å². The molecule has 0 heterocycles. The number of carbonyl (C=O) groups is 2. The highest BCUT2D eigenvalue weighted by Gasteiger charge is 2.09. The molecular weight excluding hydrogens is 252 g/mol. The molecule has 96 valence electrons. The summed E-state index contributed by atoms with van der Waals surface area (Å²) in [4.78, 5) is 22.2. The van der Waals surface area contributed by atoms with Gasteiger partial charge in [-0.1, -0.05) is 19.9 Å². The normalized spacial score (nSPS) is 9.94. The first-order chi connectivity index (χ1) is 8.40. The van der Waals surface area contributed by atoms with Crippen LogP contribution >= 0.6 is 12.2 Å². The van der Waals surface area contributed by atoms with E-state index in [-0.39, 0.29) is 22.5 Å². The van der Waals surface area contributed by atoms with Gasteiger partial charge in [0.05, 0.1) is 5.56 Å². The van der Waals surface area contributed by atoms with Crippen molar-refractivity contribution >= 4 is 34.9 Å². The van der Waals surface area contributed by atoms with Crippen LogP contribution in [0.15, 0.2) is 24.3 Å². The van der Waals surface area contributed by atoms with E-state index in [0.29, 0.717) is 5.69 Å². The molecule has 0 saturated carbocycles. The number of nitrogens with one attached hydrogen (secondary N) is 2. The van der Waals surface area contributed by atoms with Gasteiger partial charge in [-0.2, -0.15) is 0 Å². The number of hydrogen-bond donors (Lipinski definition) is 3. The largest absolute Gasteiger partial charge is 0.478 e. The van der Waals surface area contributed by atoms with Gasteiger partial charge < -0.3 is 15.7 Å². The predicted octanol–water partition coefficient (Wildman–Crippen LogP) is 1.85. The summed E-state index contributed by atoms with van der Waals surface area (Å²) in [5, 5.41) is 14.3. The number of rotatable bonds is 3. The van der Waals surface area contributed by atoms with Crippen LogP contribution in [0.1, 0.15) is 24.2 Å². The standard InChI is InChI=1S/C12H14N2O3S/c1-7(2)10(15)14-12(18)13-9-5-3-4-8(6-9)11(16)17/h3-7H,1-2H3,(H,16,17)(H2,13,14,15,18). The summed E-state index contributed by atoms with van der Waals surface area (Å²) in [6, 6.07) is 6.18. The van der Waals surface area contributed by atoms with E-state index >= 15 is 0 Å². The first-order valence-electron chi connectivity index (χ1n) is 5.35. The van der Waals surface area contributed by atoms with E-state index in [0.717, 1.165) is 0 Å². The molecule has 0 fully saturated rings. The Morgan fingerprint density at radius 2 is 2.00 bits per heavy atom. The zero-order chi connectivity index (χ0) is 13.7. The van der Waals surface area contributed by atoms with E-state index in [1.807, 2.05) is 0 Å². The molecule has 0 aliphatic rings. The zero-order valence-corrected chi connectivity index (χ0v) is 10.9. The highest BCUT2D eigenvalue weighted by atomic mass is 32.1. The first-order valence-corrected chi connectivity index (χ1v) is 5.76. The SMILES string of the molecule is CC(C)C(=O)NC(=S)Nc1cccc(C(=O)O)c1. The molecule has 3 N–H and O–H groups in total. The monoisotopic (exact) mass is 266 g/mol. The van der Waals surface area contributed by atoms with E-state index in [1.54, 1.807) is 26.0 Å². The van der Waals surface area contributed by atoms with E-state index in [2.05, 4.69) is 10.6 Å². The van der Waals surface area contributed by atoms with Gasteiger partial charge in [-0.05, 0) is 30.4 Å². The topological polar surface area (TPSA) is 78.4 Å². The minimum Gasteiger partial charge on any atom is -0.478 e. The molecule has 0 spiro atoms. The average molecular weight is 266 g/mol. The lowest BCUT2D eigenvalue weighted by atomic mass is 10.2. The molecule has 1 aromatic rings. The number of aromatic carboxylic acids is 1. The number of carboxylic acid groups (broad SMARTS) is 1. The van der Waals surface area contributed by atoms with Crippen molar-refractivity contribution in [1.29, 1.82) is 0 Å². The Kier molecular flexibility index (Phi) is 4.79. The van der Waals surface area contributed by atoms with E-state index in [9.17, 15) is 9.59 Å². The maximum Gasteiger partial charge on any atom is 0.335 e. The quantitative estimate of drug-likeness (QED) is 0.728. The molecular formula is C12H14N2O3S. The lowest BCUT2D eigenvalue weighted by molar-refractivity contribution is -0.122. The minimum atomic E-state index is -1.02. The van der Waals surface area contributed by atoms with Crippen molar-refractivity contribution < 1.29 is 14.7 Å². The first kappa shape index (κ1) is 14.1. The molecule has 1 aromatic carbocycles. The molecule has 0 radical (unpaired) electrons. The number of amides is 1. The number of thiocarbonyl (C=S) groups is 1. The van der Waals surface area contributed by atoms with Gasteiger partial charge in [-0.3, -0.25) is 4.79 Å². The van der Waals surface area contributed by atoms with Crippen LogP contribution in [0, 0.1) is 5.92 Å². The molecule has 0 aromatic heterocycles. The van der Waals surface area contributed by atoms with Gasteiger partial charge in [0.1, 0.15) is 0 Å². The second-order valence-electron chi connectivity index (χ2n) is 3.98. The van der Waals surface area contributed by atoms with Gasteiger partial charge in [0.2, 0.25) is 5.91 Å². The molecule has 0 unspecified atom stereocenters. The van der Waals surface area contributed by atoms with Crippen molar-refractivity contribution in [3.63, 3.8) is 0 Å². The van der Waals surface area contributed by atoms with Crippen molar-refractivity contribution in [3.05, 3.63) is 29.8 Å². The summed E-state index contributed by atoms with van der Waals surface area (Å²) in [5.41, 5.74) is 0.668. The number of anilines is 1. The van der Waals surface area contributed by atoms with Gasteiger partial charge >= 0.3 is 5.97 Å². The molecule has 0 atom stereocenters. The van der Waals surface area contributed by atoms with Gasteiger partial charge in [-0.25, -0.2) is 4.79 Å². The lowest BCUT2D eigenvalue weighted by Gasteiger charge is -2.11. The van der Waals surface area contributed by atoms with Crippen molar-refractivity contribution in [1.82, 2.24) is 5.32 Å². The van der Waals surface area contributed by atoms with Crippen molar-refractivity contribution in [2.24, 2.45) is 5.92 Å². The molecule has 0 aliphatic carbocycles. The molecule has 0 saturated heterocycles. The number of carboxylic acids is 1. The molecule has 0 aliphatic heterocycles. The smallest absolute Gasteiger partial charge is 0.335 e. The fraction of sp³-hybridized carbons (Fsp3) is 0.250. The van der Waals surface area contributed by atoms with Crippen LogP contribution in [0.3, 0.4) is 0 Å². The highest BCUT2D eigenvalue weighted by molar-refractivity contribution is 7.80. The molecule has 1 amide bonds. The molecule has 5 nitrogen and oxygen atoms in total. The maximum absolute atomic E-state index is 11.4. The van der Waals surface area contributed by atoms with Crippen molar-refractivity contribution in [3.8, 4) is 0 Å². The highest BCUT2D eigenvalue weighted by Crippen LogP contribution is 2.10. The Morgan fingerprint density at radius 1 is 1.33 bits per heavy atom. The fourth-order valence-corrected chi connectivity index (χ4v) is 1.37. The molecule has 18 heavy (non-hydrogen) atoms. The number of benzene rings is 1. The van der Waals surface area contributed by atoms with Gasteiger partial charge in [0, 0.05) is 11.6 Å². The summed E-state index contributed by atoms with van der Waals surface area (Å²) >= 11 is 4.95. The number of hydrogen-bond acceptors (Lipinski definition) is 3. The van der Waals surface area contributed by atoms with E-state index in [4.69, 9.17) is 17.3 Å². The predicted molar refractivity (Wildman–Crippen MR) is 72.6 cm³/mol. The minimum absolute atomic E-state index is 0.149. The van der Waals surface area contributed by atoms with Crippen LogP contribution in [-0.4, -0.2) is 22.1 Å². The molecule has 0 bridgehead atoms.